The number of rotatable bonds is 5. The lowest BCUT2D eigenvalue weighted by atomic mass is 9.92. The van der Waals surface area contributed by atoms with Gasteiger partial charge in [0.15, 0.2) is 0 Å². The van der Waals surface area contributed by atoms with Crippen LogP contribution in [0.2, 0.25) is 0 Å². The highest BCUT2D eigenvalue weighted by molar-refractivity contribution is 5.84. The maximum absolute atomic E-state index is 11.8. The lowest BCUT2D eigenvalue weighted by molar-refractivity contribution is -0.161. The van der Waals surface area contributed by atoms with E-state index < -0.39 is 24.0 Å². The highest BCUT2D eigenvalue weighted by Crippen LogP contribution is 2.26. The quantitative estimate of drug-likeness (QED) is 0.416. The molecule has 0 radical (unpaired) electrons. The average molecular weight is 269 g/mol. The van der Waals surface area contributed by atoms with Crippen LogP contribution in [0.25, 0.3) is 0 Å². The fourth-order valence-electron chi connectivity index (χ4n) is 2.09. The molecule has 0 aromatic carbocycles. The maximum atomic E-state index is 11.8. The fourth-order valence-corrected chi connectivity index (χ4v) is 2.09. The largest absolute Gasteiger partial charge is 0.464 e. The Balaban J connectivity index is 2.92. The highest BCUT2D eigenvalue weighted by Gasteiger charge is 2.40. The molecule has 0 saturated carbocycles. The molecule has 2 atom stereocenters. The number of carbonyl (C=O) groups is 3. The minimum absolute atomic E-state index is 0.221. The monoisotopic (exact) mass is 269 g/mol. The van der Waals surface area contributed by atoms with Gasteiger partial charge < -0.3 is 14.4 Å². The first-order valence-corrected chi connectivity index (χ1v) is 6.27. The van der Waals surface area contributed by atoms with Crippen molar-refractivity contribution in [2.75, 3.05) is 13.2 Å². The van der Waals surface area contributed by atoms with Crippen LogP contribution in [0.4, 0.5) is 0 Å². The van der Waals surface area contributed by atoms with Crippen LogP contribution in [0.3, 0.4) is 0 Å². The van der Waals surface area contributed by atoms with Crippen molar-refractivity contribution >= 4 is 18.3 Å². The number of ether oxygens (including phenoxy) is 2. The zero-order valence-electron chi connectivity index (χ0n) is 11.3. The molecule has 106 valence electrons. The molecular formula is C13H19NO5. The summed E-state index contributed by atoms with van der Waals surface area (Å²) in [7, 11) is 0. The number of hydrogen-bond donors (Lipinski definition) is 0. The third-order valence-corrected chi connectivity index (χ3v) is 2.92. The van der Waals surface area contributed by atoms with Gasteiger partial charge in [0.2, 0.25) is 6.41 Å². The number of hydrogen-bond acceptors (Lipinski definition) is 5. The number of amides is 1. The van der Waals surface area contributed by atoms with Crippen LogP contribution >= 0.6 is 0 Å². The molecular weight excluding hydrogens is 250 g/mol. The number of carbonyl (C=O) groups excluding carboxylic acids is 3. The summed E-state index contributed by atoms with van der Waals surface area (Å²) in [5, 5.41) is 0. The summed E-state index contributed by atoms with van der Waals surface area (Å²) >= 11 is 0. The third-order valence-electron chi connectivity index (χ3n) is 2.92. The van der Waals surface area contributed by atoms with Crippen molar-refractivity contribution in [1.29, 1.82) is 0 Å². The predicted molar refractivity (Wildman–Crippen MR) is 67.1 cm³/mol. The van der Waals surface area contributed by atoms with E-state index in [0.29, 0.717) is 19.3 Å². The molecule has 0 N–H and O–H groups in total. The van der Waals surface area contributed by atoms with Gasteiger partial charge in [-0.05, 0) is 26.7 Å². The molecule has 0 spiro atoms. The lowest BCUT2D eigenvalue weighted by Crippen LogP contribution is -2.54. The Kier molecular flexibility index (Phi) is 5.54. The summed E-state index contributed by atoms with van der Waals surface area (Å²) in [5.41, 5.74) is 0.731. The van der Waals surface area contributed by atoms with Gasteiger partial charge in [-0.3, -0.25) is 4.79 Å². The van der Waals surface area contributed by atoms with E-state index in [2.05, 4.69) is 6.58 Å². The second kappa shape index (κ2) is 6.92. The average Bonchev–Trinajstić information content (AvgIpc) is 2.38. The Hall–Kier alpha value is -1.85. The highest BCUT2D eigenvalue weighted by atomic mass is 16.5. The Morgan fingerprint density at radius 1 is 1.21 bits per heavy atom. The van der Waals surface area contributed by atoms with Crippen molar-refractivity contribution < 1.29 is 23.9 Å². The molecule has 1 fully saturated rings. The summed E-state index contributed by atoms with van der Waals surface area (Å²) in [6.07, 6.45) is 1.12. The summed E-state index contributed by atoms with van der Waals surface area (Å²) in [6, 6.07) is -1.60. The summed E-state index contributed by atoms with van der Waals surface area (Å²) in [5.74, 6) is -1.05. The van der Waals surface area contributed by atoms with Gasteiger partial charge in [0.05, 0.1) is 13.2 Å². The molecule has 2 unspecified atom stereocenters. The number of esters is 2. The Morgan fingerprint density at radius 2 is 1.63 bits per heavy atom. The molecule has 6 nitrogen and oxygen atoms in total. The molecule has 6 heteroatoms. The van der Waals surface area contributed by atoms with E-state index >= 15 is 0 Å². The molecule has 1 aliphatic rings. The van der Waals surface area contributed by atoms with Crippen molar-refractivity contribution in [3.8, 4) is 0 Å². The molecule has 0 bridgehead atoms. The Morgan fingerprint density at radius 3 is 1.95 bits per heavy atom. The summed E-state index contributed by atoms with van der Waals surface area (Å²) in [6.45, 7) is 7.62. The summed E-state index contributed by atoms with van der Waals surface area (Å²) in [4.78, 5) is 36.0. The first-order valence-electron chi connectivity index (χ1n) is 6.27. The van der Waals surface area contributed by atoms with E-state index in [4.69, 9.17) is 9.47 Å². The number of nitrogens with zero attached hydrogens (tertiary/aromatic N) is 1. The summed E-state index contributed by atoms with van der Waals surface area (Å²) < 4.78 is 9.83. The van der Waals surface area contributed by atoms with Crippen molar-refractivity contribution in [1.82, 2.24) is 4.90 Å². The van der Waals surface area contributed by atoms with Gasteiger partial charge in [-0.25, -0.2) is 9.59 Å². The van der Waals surface area contributed by atoms with Crippen molar-refractivity contribution in [2.24, 2.45) is 0 Å². The van der Waals surface area contributed by atoms with Crippen LogP contribution < -0.4 is 0 Å². The van der Waals surface area contributed by atoms with E-state index in [-0.39, 0.29) is 13.2 Å². The van der Waals surface area contributed by atoms with E-state index in [9.17, 15) is 14.4 Å². The number of piperidine rings is 1. The van der Waals surface area contributed by atoms with E-state index in [1.165, 1.54) is 4.90 Å². The smallest absolute Gasteiger partial charge is 0.329 e. The Labute approximate surface area is 112 Å². The third kappa shape index (κ3) is 3.56. The number of likely N-dealkylation sites (tertiary alicyclic amines) is 1. The molecule has 0 aliphatic carbocycles. The van der Waals surface area contributed by atoms with Gasteiger partial charge >= 0.3 is 11.9 Å². The SMILES string of the molecule is C=C1CC(C(=O)OCC)N(C=O)C(C(=O)OCC)C1. The second-order valence-corrected chi connectivity index (χ2v) is 4.25. The van der Waals surface area contributed by atoms with Gasteiger partial charge in [0.25, 0.3) is 0 Å². The zero-order valence-corrected chi connectivity index (χ0v) is 11.3. The molecule has 1 amide bonds. The van der Waals surface area contributed by atoms with Crippen LogP contribution in [-0.2, 0) is 23.9 Å². The lowest BCUT2D eigenvalue weighted by Gasteiger charge is -2.37. The topological polar surface area (TPSA) is 72.9 Å². The zero-order chi connectivity index (χ0) is 14.4. The molecule has 0 aromatic heterocycles. The van der Waals surface area contributed by atoms with Gasteiger partial charge in [-0.1, -0.05) is 12.2 Å². The molecule has 1 rings (SSSR count). The Bertz CT molecular complexity index is 349. The first kappa shape index (κ1) is 15.2. The molecule has 1 heterocycles. The molecule has 0 aromatic rings. The predicted octanol–water partition coefficient (Wildman–Crippen LogP) is 0.658. The first-order chi connectivity index (χ1) is 9.04. The maximum Gasteiger partial charge on any atom is 0.329 e. The minimum atomic E-state index is -0.798. The second-order valence-electron chi connectivity index (χ2n) is 4.25. The standard InChI is InChI=1S/C13H19NO5/c1-4-18-12(16)10-6-9(3)7-11(14(10)8-15)13(17)19-5-2/h8,10-11H,3-7H2,1-2H3. The van der Waals surface area contributed by atoms with E-state index in [1.54, 1.807) is 13.8 Å². The van der Waals surface area contributed by atoms with Gasteiger partial charge in [0.1, 0.15) is 12.1 Å². The van der Waals surface area contributed by atoms with Crippen LogP contribution in [0.5, 0.6) is 0 Å². The van der Waals surface area contributed by atoms with E-state index in [1.807, 2.05) is 0 Å². The molecule has 1 aliphatic heterocycles. The van der Waals surface area contributed by atoms with Gasteiger partial charge in [0, 0.05) is 0 Å². The van der Waals surface area contributed by atoms with Crippen molar-refractivity contribution in [2.45, 2.75) is 38.8 Å². The normalized spacial score (nSPS) is 22.8. The van der Waals surface area contributed by atoms with Crippen LogP contribution in [0, 0.1) is 0 Å². The van der Waals surface area contributed by atoms with Gasteiger partial charge in [-0.2, -0.15) is 0 Å². The van der Waals surface area contributed by atoms with Gasteiger partial charge in [-0.15, -0.1) is 0 Å². The minimum Gasteiger partial charge on any atom is -0.464 e. The van der Waals surface area contributed by atoms with Crippen LogP contribution in [0.1, 0.15) is 26.7 Å². The van der Waals surface area contributed by atoms with Crippen LogP contribution in [-0.4, -0.2) is 48.5 Å². The van der Waals surface area contributed by atoms with E-state index in [0.717, 1.165) is 5.57 Å². The van der Waals surface area contributed by atoms with Crippen LogP contribution in [0.15, 0.2) is 12.2 Å². The van der Waals surface area contributed by atoms with Crippen molar-refractivity contribution in [3.05, 3.63) is 12.2 Å². The molecule has 1 saturated heterocycles. The fraction of sp³-hybridized carbons (Fsp3) is 0.615. The van der Waals surface area contributed by atoms with Crippen molar-refractivity contribution in [3.63, 3.8) is 0 Å². The molecule has 19 heavy (non-hydrogen) atoms.